The molecule has 1 heterocycles. The summed E-state index contributed by atoms with van der Waals surface area (Å²) in [6, 6.07) is 0.591. The van der Waals surface area contributed by atoms with Gasteiger partial charge in [-0.2, -0.15) is 0 Å². The van der Waals surface area contributed by atoms with Crippen molar-refractivity contribution in [1.29, 1.82) is 0 Å². The molecule has 4 nitrogen and oxygen atoms in total. The van der Waals surface area contributed by atoms with Crippen molar-refractivity contribution in [2.45, 2.75) is 52.1 Å². The van der Waals surface area contributed by atoms with E-state index in [2.05, 4.69) is 15.4 Å². The van der Waals surface area contributed by atoms with Crippen LogP contribution >= 0.6 is 12.2 Å². The highest BCUT2D eigenvalue weighted by Gasteiger charge is 2.39. The van der Waals surface area contributed by atoms with Crippen molar-refractivity contribution in [2.24, 2.45) is 11.8 Å². The van der Waals surface area contributed by atoms with E-state index in [0.29, 0.717) is 6.04 Å². The van der Waals surface area contributed by atoms with Crippen LogP contribution in [0.5, 0.6) is 0 Å². The molecule has 0 aliphatic heterocycles. The van der Waals surface area contributed by atoms with Crippen LogP contribution in [0.2, 0.25) is 0 Å². The molecule has 0 aromatic carbocycles. The molecule has 2 aliphatic rings. The van der Waals surface area contributed by atoms with Gasteiger partial charge in [-0.25, -0.2) is 0 Å². The largest absolute Gasteiger partial charge is 0.361 e. The van der Waals surface area contributed by atoms with E-state index in [1.54, 1.807) is 0 Å². The molecule has 2 bridgehead atoms. The summed E-state index contributed by atoms with van der Waals surface area (Å²) >= 11 is 5.55. The van der Waals surface area contributed by atoms with Crippen molar-refractivity contribution >= 4 is 17.3 Å². The first-order valence-electron chi connectivity index (χ1n) is 7.48. The molecule has 5 heteroatoms. The highest BCUT2D eigenvalue weighted by atomic mass is 32.1. The number of hydrogen-bond donors (Lipinski definition) is 1. The summed E-state index contributed by atoms with van der Waals surface area (Å²) in [7, 11) is 2.04. The van der Waals surface area contributed by atoms with Crippen molar-refractivity contribution in [2.75, 3.05) is 7.05 Å². The Labute approximate surface area is 125 Å². The van der Waals surface area contributed by atoms with E-state index in [1.165, 1.54) is 25.7 Å². The third kappa shape index (κ3) is 2.55. The van der Waals surface area contributed by atoms with Crippen LogP contribution in [0.25, 0.3) is 0 Å². The predicted molar refractivity (Wildman–Crippen MR) is 82.4 cm³/mol. The maximum atomic E-state index is 5.55. The summed E-state index contributed by atoms with van der Waals surface area (Å²) in [6.45, 7) is 4.69. The first-order valence-corrected chi connectivity index (χ1v) is 7.88. The molecule has 0 amide bonds. The van der Waals surface area contributed by atoms with Gasteiger partial charge in [0.25, 0.3) is 0 Å². The number of aromatic nitrogens is 1. The Morgan fingerprint density at radius 2 is 2.20 bits per heavy atom. The van der Waals surface area contributed by atoms with Crippen LogP contribution < -0.4 is 5.32 Å². The maximum absolute atomic E-state index is 5.55. The lowest BCUT2D eigenvalue weighted by Crippen LogP contribution is -2.44. The van der Waals surface area contributed by atoms with Crippen LogP contribution in [0.4, 0.5) is 0 Å². The summed E-state index contributed by atoms with van der Waals surface area (Å²) in [6.07, 6.45) is 5.49. The van der Waals surface area contributed by atoms with Crippen molar-refractivity contribution < 1.29 is 4.52 Å². The minimum atomic E-state index is 0.591. The average molecular weight is 293 g/mol. The van der Waals surface area contributed by atoms with Gasteiger partial charge in [0, 0.05) is 18.7 Å². The lowest BCUT2D eigenvalue weighted by Gasteiger charge is -2.28. The molecule has 1 N–H and O–H groups in total. The highest BCUT2D eigenvalue weighted by molar-refractivity contribution is 7.80. The van der Waals surface area contributed by atoms with Crippen LogP contribution in [0, 0.1) is 25.7 Å². The normalized spacial score (nSPS) is 27.9. The lowest BCUT2D eigenvalue weighted by atomic mass is 9.95. The van der Waals surface area contributed by atoms with Crippen LogP contribution in [0.15, 0.2) is 4.52 Å². The fourth-order valence-electron chi connectivity index (χ4n) is 3.73. The fourth-order valence-corrected chi connectivity index (χ4v) is 3.94. The molecule has 0 unspecified atom stereocenters. The maximum Gasteiger partial charge on any atom is 0.169 e. The summed E-state index contributed by atoms with van der Waals surface area (Å²) in [5.41, 5.74) is 2.10. The Morgan fingerprint density at radius 3 is 2.75 bits per heavy atom. The van der Waals surface area contributed by atoms with E-state index >= 15 is 0 Å². The van der Waals surface area contributed by atoms with Gasteiger partial charge in [-0.15, -0.1) is 0 Å². The predicted octanol–water partition coefficient (Wildman–Crippen LogP) is 2.79. The summed E-state index contributed by atoms with van der Waals surface area (Å²) < 4.78 is 5.21. The minimum absolute atomic E-state index is 0.591. The molecule has 0 saturated heterocycles. The third-order valence-electron chi connectivity index (χ3n) is 4.97. The Hall–Kier alpha value is -1.10. The third-order valence-corrected chi connectivity index (χ3v) is 5.40. The first-order chi connectivity index (χ1) is 9.54. The van der Waals surface area contributed by atoms with Crippen molar-refractivity contribution in [3.05, 3.63) is 17.0 Å². The van der Waals surface area contributed by atoms with Crippen molar-refractivity contribution in [3.63, 3.8) is 0 Å². The molecule has 2 fully saturated rings. The Morgan fingerprint density at radius 1 is 1.40 bits per heavy atom. The zero-order valence-corrected chi connectivity index (χ0v) is 13.3. The molecule has 2 saturated carbocycles. The monoisotopic (exact) mass is 293 g/mol. The molecule has 3 atom stereocenters. The molecule has 0 spiro atoms. The van der Waals surface area contributed by atoms with E-state index in [9.17, 15) is 0 Å². The Balaban J connectivity index is 1.57. The molecule has 0 radical (unpaired) electrons. The molecule has 20 heavy (non-hydrogen) atoms. The Kier molecular flexibility index (Phi) is 3.71. The van der Waals surface area contributed by atoms with E-state index in [4.69, 9.17) is 16.7 Å². The molecule has 110 valence electrons. The van der Waals surface area contributed by atoms with Gasteiger partial charge < -0.3 is 14.7 Å². The van der Waals surface area contributed by atoms with Crippen molar-refractivity contribution in [3.8, 4) is 0 Å². The molecule has 1 aromatic rings. The number of hydrogen-bond acceptors (Lipinski definition) is 3. The highest BCUT2D eigenvalue weighted by Crippen LogP contribution is 2.44. The first kappa shape index (κ1) is 13.9. The lowest BCUT2D eigenvalue weighted by molar-refractivity contribution is 0.371. The summed E-state index contributed by atoms with van der Waals surface area (Å²) in [4.78, 5) is 2.09. The van der Waals surface area contributed by atoms with Gasteiger partial charge in [0.15, 0.2) is 5.11 Å². The molecule has 2 aliphatic carbocycles. The van der Waals surface area contributed by atoms with Crippen LogP contribution in [-0.4, -0.2) is 28.3 Å². The summed E-state index contributed by atoms with van der Waals surface area (Å²) in [5, 5.41) is 8.41. The number of thiocarbonyl (C=S) groups is 1. The number of nitrogens with one attached hydrogen (secondary N) is 1. The smallest absolute Gasteiger partial charge is 0.169 e. The van der Waals surface area contributed by atoms with E-state index in [1.807, 2.05) is 20.9 Å². The van der Waals surface area contributed by atoms with Gasteiger partial charge in [-0.3, -0.25) is 0 Å². The topological polar surface area (TPSA) is 41.3 Å². The van der Waals surface area contributed by atoms with Gasteiger partial charge in [0.05, 0.1) is 12.2 Å². The number of fused-ring (bicyclic) bond motifs is 2. The van der Waals surface area contributed by atoms with Crippen LogP contribution in [0.1, 0.15) is 42.7 Å². The Bertz CT molecular complexity index is 494. The van der Waals surface area contributed by atoms with Crippen molar-refractivity contribution in [1.82, 2.24) is 15.4 Å². The second-order valence-electron chi connectivity index (χ2n) is 6.39. The standard InChI is InChI=1S/C15H23N3OS/c1-9-13(10(2)19-17-9)8-18(3)15(20)16-14-7-11-4-5-12(14)6-11/h11-12,14H,4-8H2,1-3H3,(H,16,20)/t11-,12-,14+/m0/s1. The molecule has 1 aromatic heterocycles. The molecular formula is C15H23N3OS. The summed E-state index contributed by atoms with van der Waals surface area (Å²) in [5.74, 6) is 2.66. The number of aryl methyl sites for hydroxylation is 2. The molecule has 3 rings (SSSR count). The number of rotatable bonds is 3. The average Bonchev–Trinajstić information content (AvgIpc) is 3.10. The van der Waals surface area contributed by atoms with Gasteiger partial charge in [-0.1, -0.05) is 11.6 Å². The van der Waals surface area contributed by atoms with Crippen LogP contribution in [0.3, 0.4) is 0 Å². The number of nitrogens with zero attached hydrogens (tertiary/aromatic N) is 2. The molecular weight excluding hydrogens is 270 g/mol. The van der Waals surface area contributed by atoms with E-state index < -0.39 is 0 Å². The SMILES string of the molecule is Cc1noc(C)c1CN(C)C(=S)N[C@@H]1C[C@H]2CC[C@H]1C2. The quantitative estimate of drug-likeness (QED) is 0.868. The second-order valence-corrected chi connectivity index (χ2v) is 6.78. The van der Waals surface area contributed by atoms with Gasteiger partial charge in [0.2, 0.25) is 0 Å². The fraction of sp³-hybridized carbons (Fsp3) is 0.733. The second kappa shape index (κ2) is 5.35. The minimum Gasteiger partial charge on any atom is -0.361 e. The van der Waals surface area contributed by atoms with Crippen LogP contribution in [-0.2, 0) is 6.54 Å². The van der Waals surface area contributed by atoms with Gasteiger partial charge in [-0.05, 0) is 57.2 Å². The van der Waals surface area contributed by atoms with Gasteiger partial charge >= 0.3 is 0 Å². The van der Waals surface area contributed by atoms with E-state index in [0.717, 1.165) is 40.5 Å². The van der Waals surface area contributed by atoms with Gasteiger partial charge in [0.1, 0.15) is 5.76 Å². The zero-order chi connectivity index (χ0) is 14.3. The zero-order valence-electron chi connectivity index (χ0n) is 12.5. The van der Waals surface area contributed by atoms with E-state index in [-0.39, 0.29) is 0 Å².